The van der Waals surface area contributed by atoms with Crippen LogP contribution in [-0.2, 0) is 30.7 Å². The molecule has 0 bridgehead atoms. The molecule has 1 aliphatic rings. The Labute approximate surface area is 284 Å². The monoisotopic (exact) mass is 733 g/mol. The molecule has 22 heteroatoms. The molecule has 2 aromatic rings. The van der Waals surface area contributed by atoms with Gasteiger partial charge in [-0.05, 0) is 50.2 Å². The first-order valence-electron chi connectivity index (χ1n) is 14.0. The van der Waals surface area contributed by atoms with Crippen LogP contribution in [0.2, 0.25) is 0 Å². The number of alkyl halides is 3. The number of halogens is 3. The Kier molecular flexibility index (Phi) is 31.8. The summed E-state index contributed by atoms with van der Waals surface area (Å²) in [6.45, 7) is 1.92. The fourth-order valence-electron chi connectivity index (χ4n) is 2.52. The summed E-state index contributed by atoms with van der Waals surface area (Å²) >= 11 is 1.30. The molecule has 1 aliphatic carbocycles. The number of H-pyrrole nitrogens is 1. The highest BCUT2D eigenvalue weighted by Gasteiger charge is 2.25. The Balaban J connectivity index is -0.000000544. The number of carbonyl (C=O) groups is 1. The molecule has 1 saturated carbocycles. The number of nitrogens with zero attached hydrogens (tertiary/aromatic N) is 6. The molecular formula is C26H50F3N11O6S2. The molecule has 1 aromatic heterocycles. The first-order valence-corrected chi connectivity index (χ1v) is 17.1. The third kappa shape index (κ3) is 40.8. The van der Waals surface area contributed by atoms with Crippen LogP contribution >= 0.6 is 11.8 Å². The molecule has 1 heterocycles. The first-order chi connectivity index (χ1) is 22.6. The Bertz CT molecular complexity index is 1190. The lowest BCUT2D eigenvalue weighted by Gasteiger charge is -2.15. The molecule has 1 fully saturated rings. The maximum Gasteiger partial charge on any atom is 0.401 e. The molecule has 3 rings (SSSR count). The van der Waals surface area contributed by atoms with Crippen molar-refractivity contribution < 1.29 is 41.0 Å². The van der Waals surface area contributed by atoms with Crippen LogP contribution in [0, 0.1) is 0 Å². The Hall–Kier alpha value is -3.21. The van der Waals surface area contributed by atoms with Crippen LogP contribution in [0.4, 0.5) is 13.2 Å². The number of nitrogens with two attached hydrogens (primary N) is 2. The Morgan fingerprint density at radius 1 is 1.23 bits per heavy atom. The van der Waals surface area contributed by atoms with Crippen molar-refractivity contribution in [2.75, 3.05) is 66.3 Å². The van der Waals surface area contributed by atoms with Gasteiger partial charge >= 0.3 is 6.18 Å². The number of thioether (sulfide) groups is 1. The van der Waals surface area contributed by atoms with Gasteiger partial charge in [-0.1, -0.05) is 35.9 Å². The Morgan fingerprint density at radius 2 is 1.79 bits per heavy atom. The van der Waals surface area contributed by atoms with Gasteiger partial charge in [-0.15, -0.1) is 0 Å². The van der Waals surface area contributed by atoms with Crippen LogP contribution in [0.5, 0.6) is 5.75 Å². The number of methoxy groups -OCH3 is 2. The largest absolute Gasteiger partial charge is 0.508 e. The first kappa shape index (κ1) is 49.2. The SMILES string of the molecule is CCC(N)=O.CN.CN(Cc1ccc(O)cc1)CS(C)(=O)=O.COCNC1CC1.COCNCC(F)(F)F.[N-]=[N+]=NCSc1ncn[nH]1. The van der Waals surface area contributed by atoms with E-state index in [1.807, 2.05) is 5.32 Å². The second kappa shape index (κ2) is 31.1. The van der Waals surface area contributed by atoms with Crippen LogP contribution in [0.3, 0.4) is 0 Å². The van der Waals surface area contributed by atoms with E-state index in [-0.39, 0.29) is 24.3 Å². The highest BCUT2D eigenvalue weighted by Crippen LogP contribution is 2.17. The minimum atomic E-state index is -4.14. The molecule has 0 radical (unpaired) electrons. The molecule has 0 atom stereocenters. The normalized spacial score (nSPS) is 11.6. The zero-order chi connectivity index (χ0) is 37.4. The van der Waals surface area contributed by atoms with Crippen molar-refractivity contribution in [1.82, 2.24) is 30.7 Å². The summed E-state index contributed by atoms with van der Waals surface area (Å²) in [6.07, 6.45) is 1.59. The number of sulfone groups is 1. The van der Waals surface area contributed by atoms with E-state index in [9.17, 15) is 26.4 Å². The molecule has 0 spiro atoms. The summed E-state index contributed by atoms with van der Waals surface area (Å²) in [5, 5.41) is 24.5. The van der Waals surface area contributed by atoms with Crippen LogP contribution in [0.1, 0.15) is 31.7 Å². The fourth-order valence-corrected chi connectivity index (χ4v) is 3.88. The van der Waals surface area contributed by atoms with E-state index in [4.69, 9.17) is 15.4 Å². The topological polar surface area (TPSA) is 260 Å². The number of carbonyl (C=O) groups excluding carboxylic acids is 1. The average molecular weight is 734 g/mol. The summed E-state index contributed by atoms with van der Waals surface area (Å²) in [5.74, 6) is 0.342. The lowest BCUT2D eigenvalue weighted by atomic mass is 10.2. The number of aromatic hydroxyl groups is 1. The number of aromatic nitrogens is 3. The molecule has 17 nitrogen and oxygen atoms in total. The number of ether oxygens (including phenoxy) is 2. The van der Waals surface area contributed by atoms with Crippen molar-refractivity contribution in [3.8, 4) is 5.75 Å². The van der Waals surface area contributed by atoms with Crippen molar-refractivity contribution in [2.45, 2.75) is 50.1 Å². The minimum absolute atomic E-state index is 0.0356. The summed E-state index contributed by atoms with van der Waals surface area (Å²) in [7, 11) is 3.30. The van der Waals surface area contributed by atoms with Gasteiger partial charge in [0.2, 0.25) is 5.91 Å². The number of phenolic OH excluding ortho intramolecular Hbond substituents is 1. The van der Waals surface area contributed by atoms with Gasteiger partial charge in [0.1, 0.15) is 18.0 Å². The second-order valence-corrected chi connectivity index (χ2v) is 12.3. The van der Waals surface area contributed by atoms with E-state index < -0.39 is 22.6 Å². The van der Waals surface area contributed by atoms with E-state index in [2.05, 4.69) is 46.7 Å². The fraction of sp³-hybridized carbons (Fsp3) is 0.654. The molecule has 1 amide bonds. The van der Waals surface area contributed by atoms with E-state index in [1.54, 1.807) is 50.2 Å². The average Bonchev–Trinajstić information content (AvgIpc) is 3.70. The van der Waals surface area contributed by atoms with Gasteiger partial charge < -0.3 is 26.0 Å². The third-order valence-corrected chi connectivity index (χ3v) is 6.20. The summed E-state index contributed by atoms with van der Waals surface area (Å²) < 4.78 is 64.9. The zero-order valence-electron chi connectivity index (χ0n) is 28.1. The van der Waals surface area contributed by atoms with Crippen molar-refractivity contribution >= 4 is 27.5 Å². The van der Waals surface area contributed by atoms with Gasteiger partial charge in [-0.25, -0.2) is 13.4 Å². The van der Waals surface area contributed by atoms with Crippen LogP contribution < -0.4 is 22.1 Å². The molecule has 8 N–H and O–H groups in total. The van der Waals surface area contributed by atoms with E-state index in [1.165, 1.54) is 51.3 Å². The zero-order valence-corrected chi connectivity index (χ0v) is 29.7. The predicted octanol–water partition coefficient (Wildman–Crippen LogP) is 2.53. The summed E-state index contributed by atoms with van der Waals surface area (Å²) in [4.78, 5) is 17.7. The number of hydrogen-bond donors (Lipinski definition) is 6. The molecule has 1 aromatic carbocycles. The molecule has 0 aliphatic heterocycles. The number of rotatable bonds is 14. The quantitative estimate of drug-likeness (QED) is 0.0408. The third-order valence-electron chi connectivity index (χ3n) is 4.57. The van der Waals surface area contributed by atoms with Crippen molar-refractivity contribution in [3.05, 3.63) is 46.6 Å². The second-order valence-electron chi connectivity index (χ2n) is 9.24. The number of azide groups is 1. The highest BCUT2D eigenvalue weighted by atomic mass is 32.2. The number of amides is 1. The number of aromatic amines is 1. The Morgan fingerprint density at radius 3 is 2.19 bits per heavy atom. The molecular weight excluding hydrogens is 683 g/mol. The number of phenols is 1. The number of primary amides is 1. The maximum atomic E-state index is 11.3. The van der Waals surface area contributed by atoms with E-state index in [0.717, 1.165) is 11.6 Å². The van der Waals surface area contributed by atoms with Gasteiger partial charge in [0.25, 0.3) is 0 Å². The maximum absolute atomic E-state index is 11.3. The van der Waals surface area contributed by atoms with Crippen LogP contribution in [0.15, 0.2) is 40.9 Å². The van der Waals surface area contributed by atoms with Crippen molar-refractivity contribution in [1.29, 1.82) is 0 Å². The number of benzene rings is 1. The van der Waals surface area contributed by atoms with E-state index >= 15 is 0 Å². The smallest absolute Gasteiger partial charge is 0.401 e. The highest BCUT2D eigenvalue weighted by molar-refractivity contribution is 7.99. The van der Waals surface area contributed by atoms with E-state index in [0.29, 0.717) is 30.7 Å². The van der Waals surface area contributed by atoms with Crippen LogP contribution in [-0.4, -0.2) is 118 Å². The lowest BCUT2D eigenvalue weighted by Crippen LogP contribution is -2.29. The predicted molar refractivity (Wildman–Crippen MR) is 179 cm³/mol. The van der Waals surface area contributed by atoms with Gasteiger partial charge in [0, 0.05) is 44.4 Å². The standard InChI is InChI=1S/C10H15NO3S.C5H11NO.C4H8F3NO.C3H4N6S.C3H7NO.CH5N/c1-11(8-15(2,13)14)7-9-3-5-10(12)6-4-9;1-7-4-6-5-2-3-5;1-9-3-8-2-4(5,6)7;4-9-7-2-10-3-5-1-6-8-3;1-2-3(4)5;1-2/h3-6,12H,7-8H2,1-2H3;5-6H,2-4H2,1H3;8H,2-3H2,1H3;1H,2H2,(H,5,6,8);2H2,1H3,(H2,4,5);2H2,1H3. The summed E-state index contributed by atoms with van der Waals surface area (Å²) in [6, 6.07) is 7.50. The van der Waals surface area contributed by atoms with Gasteiger partial charge in [0.05, 0.1) is 25.9 Å². The van der Waals surface area contributed by atoms with Gasteiger partial charge in [-0.2, -0.15) is 18.3 Å². The molecule has 278 valence electrons. The molecule has 48 heavy (non-hydrogen) atoms. The van der Waals surface area contributed by atoms with Crippen molar-refractivity contribution in [3.63, 3.8) is 0 Å². The van der Waals surface area contributed by atoms with Gasteiger partial charge in [-0.3, -0.25) is 25.4 Å². The summed E-state index contributed by atoms with van der Waals surface area (Å²) in [5.41, 5.74) is 18.0. The minimum Gasteiger partial charge on any atom is -0.508 e. The number of nitrogens with one attached hydrogen (secondary N) is 3. The van der Waals surface area contributed by atoms with Crippen molar-refractivity contribution in [2.24, 2.45) is 16.6 Å². The van der Waals surface area contributed by atoms with Crippen LogP contribution in [0.25, 0.3) is 10.4 Å². The lowest BCUT2D eigenvalue weighted by molar-refractivity contribution is -0.127. The molecule has 0 saturated heterocycles. The molecule has 0 unspecified atom stereocenters. The van der Waals surface area contributed by atoms with Gasteiger partial charge in [0.15, 0.2) is 15.0 Å². The number of hydrogen-bond acceptors (Lipinski definition) is 14.